The summed E-state index contributed by atoms with van der Waals surface area (Å²) in [6.45, 7) is 0.335. The molecule has 0 spiro atoms. The molecule has 0 aliphatic rings. The van der Waals surface area contributed by atoms with Crippen molar-refractivity contribution in [3.63, 3.8) is 0 Å². The van der Waals surface area contributed by atoms with Gasteiger partial charge >= 0.3 is 12.1 Å². The van der Waals surface area contributed by atoms with Gasteiger partial charge in [-0.05, 0) is 24.6 Å². The molecule has 0 bridgehead atoms. The van der Waals surface area contributed by atoms with Crippen LogP contribution in [-0.4, -0.2) is 17.6 Å². The quantitative estimate of drug-likeness (QED) is 0.563. The number of carboxylic acid groups (broad SMARTS) is 1. The largest absolute Gasteiger partial charge is 0.481 e. The fourth-order valence-electron chi connectivity index (χ4n) is 1.36. The summed E-state index contributed by atoms with van der Waals surface area (Å²) in [6.07, 6.45) is -4.06. The molecule has 1 aromatic carbocycles. The number of rotatable bonds is 5. The van der Waals surface area contributed by atoms with Crippen LogP contribution in [0.1, 0.15) is 18.4 Å². The normalized spacial score (nSPS) is 11.3. The fourth-order valence-corrected chi connectivity index (χ4v) is 1.36. The van der Waals surface area contributed by atoms with Gasteiger partial charge in [0.25, 0.3) is 0 Å². The molecular formula is C11H13F3N2O2. The maximum atomic E-state index is 12.4. The SMILES string of the molecule is Nc1cc(C(F)(F)F)ccc1NCCCC(=O)O. The molecule has 0 aliphatic carbocycles. The zero-order chi connectivity index (χ0) is 13.8. The Labute approximate surface area is 102 Å². The second kappa shape index (κ2) is 5.61. The van der Waals surface area contributed by atoms with Crippen LogP contribution in [0.3, 0.4) is 0 Å². The second-order valence-electron chi connectivity index (χ2n) is 3.72. The molecule has 100 valence electrons. The average Bonchev–Trinajstić information content (AvgIpc) is 2.24. The van der Waals surface area contributed by atoms with Crippen LogP contribution in [0, 0.1) is 0 Å². The molecule has 0 aromatic heterocycles. The van der Waals surface area contributed by atoms with Crippen molar-refractivity contribution in [3.8, 4) is 0 Å². The number of hydrogen-bond acceptors (Lipinski definition) is 3. The molecule has 0 unspecified atom stereocenters. The highest BCUT2D eigenvalue weighted by molar-refractivity contribution is 5.68. The van der Waals surface area contributed by atoms with E-state index < -0.39 is 17.7 Å². The van der Waals surface area contributed by atoms with Gasteiger partial charge in [-0.3, -0.25) is 4.79 Å². The molecule has 0 saturated heterocycles. The molecule has 0 aliphatic heterocycles. The smallest absolute Gasteiger partial charge is 0.416 e. The average molecular weight is 262 g/mol. The topological polar surface area (TPSA) is 75.3 Å². The van der Waals surface area contributed by atoms with Crippen LogP contribution in [0.5, 0.6) is 0 Å². The van der Waals surface area contributed by atoms with Crippen molar-refractivity contribution in [2.75, 3.05) is 17.6 Å². The fraction of sp³-hybridized carbons (Fsp3) is 0.364. The van der Waals surface area contributed by atoms with Crippen molar-refractivity contribution < 1.29 is 23.1 Å². The van der Waals surface area contributed by atoms with Crippen LogP contribution in [-0.2, 0) is 11.0 Å². The maximum Gasteiger partial charge on any atom is 0.416 e. The summed E-state index contributed by atoms with van der Waals surface area (Å²) in [5, 5.41) is 11.2. The Morgan fingerprint density at radius 2 is 2.06 bits per heavy atom. The summed E-state index contributed by atoms with van der Waals surface area (Å²) in [4.78, 5) is 10.3. The van der Waals surface area contributed by atoms with E-state index in [1.54, 1.807) is 0 Å². The van der Waals surface area contributed by atoms with E-state index in [-0.39, 0.29) is 12.1 Å². The lowest BCUT2D eigenvalue weighted by Crippen LogP contribution is -2.09. The first-order valence-electron chi connectivity index (χ1n) is 5.23. The minimum absolute atomic E-state index is 0.00641. The molecular weight excluding hydrogens is 249 g/mol. The third-order valence-corrected chi connectivity index (χ3v) is 2.26. The molecule has 7 heteroatoms. The summed E-state index contributed by atoms with van der Waals surface area (Å²) in [5.74, 6) is -0.919. The van der Waals surface area contributed by atoms with Crippen LogP contribution in [0.15, 0.2) is 18.2 Å². The van der Waals surface area contributed by atoms with Gasteiger partial charge in [0.15, 0.2) is 0 Å². The first-order chi connectivity index (χ1) is 8.30. The highest BCUT2D eigenvalue weighted by Crippen LogP contribution is 2.32. The van der Waals surface area contributed by atoms with E-state index in [1.165, 1.54) is 6.07 Å². The van der Waals surface area contributed by atoms with E-state index >= 15 is 0 Å². The van der Waals surface area contributed by atoms with Crippen LogP contribution in [0.2, 0.25) is 0 Å². The second-order valence-corrected chi connectivity index (χ2v) is 3.72. The summed E-state index contributed by atoms with van der Waals surface area (Å²) < 4.78 is 37.1. The van der Waals surface area contributed by atoms with E-state index in [0.717, 1.165) is 12.1 Å². The summed E-state index contributed by atoms with van der Waals surface area (Å²) in [7, 11) is 0. The predicted molar refractivity (Wildman–Crippen MR) is 61.2 cm³/mol. The zero-order valence-corrected chi connectivity index (χ0v) is 9.42. The molecule has 0 atom stereocenters. The number of benzene rings is 1. The van der Waals surface area contributed by atoms with Crippen LogP contribution < -0.4 is 11.1 Å². The van der Waals surface area contributed by atoms with Crippen molar-refractivity contribution in [1.82, 2.24) is 0 Å². The number of nitrogens with one attached hydrogen (secondary N) is 1. The number of hydrogen-bond donors (Lipinski definition) is 3. The number of halogens is 3. The molecule has 0 heterocycles. The molecule has 0 radical (unpaired) electrons. The number of anilines is 2. The standard InChI is InChI=1S/C11H13F3N2O2/c12-11(13,14)7-3-4-9(8(15)6-7)16-5-1-2-10(17)18/h3-4,6,16H,1-2,5,15H2,(H,17,18). The van der Waals surface area contributed by atoms with E-state index in [0.29, 0.717) is 18.7 Å². The Kier molecular flexibility index (Phi) is 4.41. The van der Waals surface area contributed by atoms with Crippen molar-refractivity contribution in [2.45, 2.75) is 19.0 Å². The van der Waals surface area contributed by atoms with Gasteiger partial charge in [0.2, 0.25) is 0 Å². The molecule has 4 nitrogen and oxygen atoms in total. The number of nitrogen functional groups attached to an aromatic ring is 1. The summed E-state index contributed by atoms with van der Waals surface area (Å²) in [5.41, 5.74) is 5.03. The summed E-state index contributed by atoms with van der Waals surface area (Å²) >= 11 is 0. The number of carbonyl (C=O) groups is 1. The minimum Gasteiger partial charge on any atom is -0.481 e. The Hall–Kier alpha value is -1.92. The number of aliphatic carboxylic acids is 1. The van der Waals surface area contributed by atoms with Crippen LogP contribution in [0.25, 0.3) is 0 Å². The molecule has 0 fully saturated rings. The van der Waals surface area contributed by atoms with Crippen molar-refractivity contribution in [3.05, 3.63) is 23.8 Å². The monoisotopic (exact) mass is 262 g/mol. The molecule has 18 heavy (non-hydrogen) atoms. The Balaban J connectivity index is 2.60. The van der Waals surface area contributed by atoms with Gasteiger partial charge in [0.1, 0.15) is 0 Å². The lowest BCUT2D eigenvalue weighted by molar-refractivity contribution is -0.138. The highest BCUT2D eigenvalue weighted by atomic mass is 19.4. The maximum absolute atomic E-state index is 12.4. The van der Waals surface area contributed by atoms with Crippen molar-refractivity contribution >= 4 is 17.3 Å². The molecule has 4 N–H and O–H groups in total. The molecule has 0 saturated carbocycles. The molecule has 1 aromatic rings. The Morgan fingerprint density at radius 1 is 1.39 bits per heavy atom. The van der Waals surface area contributed by atoms with Gasteiger partial charge in [-0.15, -0.1) is 0 Å². The third-order valence-electron chi connectivity index (χ3n) is 2.26. The van der Waals surface area contributed by atoms with Crippen LogP contribution >= 0.6 is 0 Å². The van der Waals surface area contributed by atoms with E-state index in [4.69, 9.17) is 10.8 Å². The first-order valence-corrected chi connectivity index (χ1v) is 5.23. The first kappa shape index (κ1) is 14.1. The third kappa shape index (κ3) is 4.15. The van der Waals surface area contributed by atoms with Gasteiger partial charge in [0, 0.05) is 13.0 Å². The molecule has 1 rings (SSSR count). The molecule has 0 amide bonds. The lowest BCUT2D eigenvalue weighted by atomic mass is 10.1. The van der Waals surface area contributed by atoms with Crippen molar-refractivity contribution in [1.29, 1.82) is 0 Å². The number of carboxylic acids is 1. The Morgan fingerprint density at radius 3 is 2.56 bits per heavy atom. The summed E-state index contributed by atoms with van der Waals surface area (Å²) in [6, 6.07) is 3.01. The minimum atomic E-state index is -4.42. The Bertz CT molecular complexity index is 433. The van der Waals surface area contributed by atoms with Gasteiger partial charge in [-0.25, -0.2) is 0 Å². The van der Waals surface area contributed by atoms with Gasteiger partial charge in [0.05, 0.1) is 16.9 Å². The number of alkyl halides is 3. The zero-order valence-electron chi connectivity index (χ0n) is 9.42. The van der Waals surface area contributed by atoms with E-state index in [1.807, 2.05) is 0 Å². The lowest BCUT2D eigenvalue weighted by Gasteiger charge is -2.12. The van der Waals surface area contributed by atoms with Gasteiger partial charge in [-0.1, -0.05) is 0 Å². The van der Waals surface area contributed by atoms with Crippen molar-refractivity contribution in [2.24, 2.45) is 0 Å². The predicted octanol–water partition coefficient (Wildman–Crippen LogP) is 2.56. The number of nitrogens with two attached hydrogens (primary N) is 1. The van der Waals surface area contributed by atoms with E-state index in [9.17, 15) is 18.0 Å². The van der Waals surface area contributed by atoms with Gasteiger partial charge < -0.3 is 16.2 Å². The highest BCUT2D eigenvalue weighted by Gasteiger charge is 2.30. The van der Waals surface area contributed by atoms with Crippen LogP contribution in [0.4, 0.5) is 24.5 Å². The van der Waals surface area contributed by atoms with E-state index in [2.05, 4.69) is 5.32 Å². The van der Waals surface area contributed by atoms with Gasteiger partial charge in [-0.2, -0.15) is 13.2 Å².